The van der Waals surface area contributed by atoms with Gasteiger partial charge in [0.15, 0.2) is 0 Å². The Morgan fingerprint density at radius 1 is 1.27 bits per heavy atom. The van der Waals surface area contributed by atoms with Gasteiger partial charge in [-0.25, -0.2) is 4.79 Å². The molecule has 1 heterocycles. The van der Waals surface area contributed by atoms with Crippen molar-refractivity contribution in [3.63, 3.8) is 0 Å². The predicted octanol–water partition coefficient (Wildman–Crippen LogP) is 3.46. The maximum atomic E-state index is 12.7. The van der Waals surface area contributed by atoms with Crippen molar-refractivity contribution in [3.8, 4) is 0 Å². The van der Waals surface area contributed by atoms with Gasteiger partial charge in [-0.2, -0.15) is 0 Å². The van der Waals surface area contributed by atoms with Crippen LogP contribution in [0.2, 0.25) is 0 Å². The van der Waals surface area contributed by atoms with Crippen LogP contribution >= 0.6 is 0 Å². The Morgan fingerprint density at radius 3 is 2.59 bits per heavy atom. The van der Waals surface area contributed by atoms with Gasteiger partial charge in [0.1, 0.15) is 0 Å². The zero-order valence-electron chi connectivity index (χ0n) is 13.6. The molecule has 0 bridgehead atoms. The van der Waals surface area contributed by atoms with E-state index in [1.807, 2.05) is 36.9 Å². The first kappa shape index (κ1) is 15.3. The smallest absolute Gasteiger partial charge is 0.321 e. The average molecular weight is 302 g/mol. The molecule has 2 aliphatic rings. The molecule has 2 atom stereocenters. The molecule has 0 aromatic heterocycles. The number of urea groups is 1. The Labute approximate surface area is 132 Å². The number of nitrogens with zero attached hydrogens (tertiary/aromatic N) is 1. The minimum atomic E-state index is -0.247. The second kappa shape index (κ2) is 5.92. The topological polar surface area (TPSA) is 52.6 Å². The zero-order chi connectivity index (χ0) is 15.7. The van der Waals surface area contributed by atoms with Crippen LogP contribution in [0.15, 0.2) is 18.2 Å². The second-order valence-electron chi connectivity index (χ2n) is 6.99. The van der Waals surface area contributed by atoms with E-state index < -0.39 is 0 Å². The number of nitrogens with one attached hydrogen (secondary N) is 1. The highest BCUT2D eigenvalue weighted by Gasteiger charge is 2.45. The Hall–Kier alpha value is -1.55. The lowest BCUT2D eigenvalue weighted by Crippen LogP contribution is -2.50. The zero-order valence-corrected chi connectivity index (χ0v) is 13.6. The predicted molar refractivity (Wildman–Crippen MR) is 88.0 cm³/mol. The minimum absolute atomic E-state index is 0.0319. The molecule has 4 nitrogen and oxygen atoms in total. The van der Waals surface area contributed by atoms with E-state index in [0.29, 0.717) is 6.54 Å². The summed E-state index contributed by atoms with van der Waals surface area (Å²) in [6.07, 6.45) is 4.78. The van der Waals surface area contributed by atoms with Crippen molar-refractivity contribution in [2.75, 3.05) is 18.4 Å². The van der Waals surface area contributed by atoms with Crippen LogP contribution in [0.25, 0.3) is 0 Å². The highest BCUT2D eigenvalue weighted by molar-refractivity contribution is 5.91. The number of hydrogen-bond donors (Lipinski definition) is 2. The number of amides is 2. The third-order valence-electron chi connectivity index (χ3n) is 5.47. The summed E-state index contributed by atoms with van der Waals surface area (Å²) in [6.45, 7) is 5.50. The maximum absolute atomic E-state index is 12.7. The second-order valence-corrected chi connectivity index (χ2v) is 6.99. The van der Waals surface area contributed by atoms with Crippen LogP contribution in [-0.4, -0.2) is 35.2 Å². The van der Waals surface area contributed by atoms with E-state index in [9.17, 15) is 9.90 Å². The van der Waals surface area contributed by atoms with Gasteiger partial charge < -0.3 is 15.3 Å². The van der Waals surface area contributed by atoms with Crippen molar-refractivity contribution in [1.82, 2.24) is 4.90 Å². The number of hydrogen-bond acceptors (Lipinski definition) is 2. The van der Waals surface area contributed by atoms with Gasteiger partial charge in [-0.05, 0) is 50.7 Å². The standard InChI is InChI=1S/C18H26N2O2/c1-13-6-3-7-14(2)16(13)19-17(22)20-11-5-10-18(12-20)9-4-8-15(18)21/h3,6-7,15,21H,4-5,8-12H2,1-2H3,(H,19,22)/t15-,18-/m1/s1. The SMILES string of the molecule is Cc1cccc(C)c1NC(=O)N1CCC[C@]2(CCC[C@H]2O)C1. The molecule has 1 aliphatic carbocycles. The number of anilines is 1. The summed E-state index contributed by atoms with van der Waals surface area (Å²) in [5.41, 5.74) is 3.03. The molecule has 2 amide bonds. The monoisotopic (exact) mass is 302 g/mol. The summed E-state index contributed by atoms with van der Waals surface area (Å²) in [5.74, 6) is 0. The van der Waals surface area contributed by atoms with Gasteiger partial charge in [0.2, 0.25) is 0 Å². The van der Waals surface area contributed by atoms with Crippen molar-refractivity contribution in [3.05, 3.63) is 29.3 Å². The van der Waals surface area contributed by atoms with Crippen LogP contribution in [0.4, 0.5) is 10.5 Å². The molecule has 1 saturated heterocycles. The summed E-state index contributed by atoms with van der Waals surface area (Å²) in [6, 6.07) is 6.00. The molecule has 2 fully saturated rings. The number of carbonyl (C=O) groups excluding carboxylic acids is 1. The lowest BCUT2D eigenvalue weighted by atomic mass is 9.77. The van der Waals surface area contributed by atoms with E-state index in [2.05, 4.69) is 5.32 Å². The van der Waals surface area contributed by atoms with Gasteiger partial charge in [-0.15, -0.1) is 0 Å². The van der Waals surface area contributed by atoms with Crippen molar-refractivity contribution >= 4 is 11.7 Å². The Balaban J connectivity index is 1.72. The molecule has 1 aromatic carbocycles. The number of aliphatic hydroxyl groups excluding tert-OH is 1. The van der Waals surface area contributed by atoms with Gasteiger partial charge in [0, 0.05) is 24.2 Å². The minimum Gasteiger partial charge on any atom is -0.392 e. The van der Waals surface area contributed by atoms with Crippen LogP contribution in [0.1, 0.15) is 43.2 Å². The largest absolute Gasteiger partial charge is 0.392 e. The first-order chi connectivity index (χ1) is 10.5. The number of piperidine rings is 1. The average Bonchev–Trinajstić information content (AvgIpc) is 2.83. The molecule has 4 heteroatoms. The summed E-state index contributed by atoms with van der Waals surface area (Å²) in [5, 5.41) is 13.4. The number of aliphatic hydroxyl groups is 1. The highest BCUT2D eigenvalue weighted by atomic mass is 16.3. The molecular weight excluding hydrogens is 276 g/mol. The maximum Gasteiger partial charge on any atom is 0.321 e. The summed E-state index contributed by atoms with van der Waals surface area (Å²) in [7, 11) is 0. The van der Waals surface area contributed by atoms with Crippen molar-refractivity contribution in [2.45, 2.75) is 52.1 Å². The molecule has 0 radical (unpaired) electrons. The lowest BCUT2D eigenvalue weighted by molar-refractivity contribution is 0.00400. The van der Waals surface area contributed by atoms with Crippen molar-refractivity contribution < 1.29 is 9.90 Å². The number of rotatable bonds is 1. The molecule has 1 aliphatic heterocycles. The summed E-state index contributed by atoms with van der Waals surface area (Å²) >= 11 is 0. The van der Waals surface area contributed by atoms with Gasteiger partial charge in [0.05, 0.1) is 6.10 Å². The van der Waals surface area contributed by atoms with E-state index in [4.69, 9.17) is 0 Å². The first-order valence-corrected chi connectivity index (χ1v) is 8.32. The number of benzene rings is 1. The Kier molecular flexibility index (Phi) is 4.13. The first-order valence-electron chi connectivity index (χ1n) is 8.32. The van der Waals surface area contributed by atoms with E-state index >= 15 is 0 Å². The fourth-order valence-electron chi connectivity index (χ4n) is 4.13. The third kappa shape index (κ3) is 2.72. The van der Waals surface area contributed by atoms with Crippen LogP contribution in [0.3, 0.4) is 0 Å². The van der Waals surface area contributed by atoms with Crippen LogP contribution in [-0.2, 0) is 0 Å². The van der Waals surface area contributed by atoms with E-state index in [1.54, 1.807) is 0 Å². The number of para-hydroxylation sites is 1. The van der Waals surface area contributed by atoms with Crippen molar-refractivity contribution in [1.29, 1.82) is 0 Å². The quantitative estimate of drug-likeness (QED) is 0.834. The number of carbonyl (C=O) groups is 1. The molecule has 1 spiro atoms. The normalized spacial score (nSPS) is 28.1. The molecule has 2 N–H and O–H groups in total. The van der Waals surface area contributed by atoms with Gasteiger partial charge in [-0.1, -0.05) is 24.6 Å². The Morgan fingerprint density at radius 2 is 1.95 bits per heavy atom. The molecule has 120 valence electrons. The highest BCUT2D eigenvalue weighted by Crippen LogP contribution is 2.45. The molecular formula is C18H26N2O2. The third-order valence-corrected chi connectivity index (χ3v) is 5.47. The van der Waals surface area contributed by atoms with Crippen LogP contribution in [0, 0.1) is 19.3 Å². The molecule has 1 saturated carbocycles. The molecule has 3 rings (SSSR count). The van der Waals surface area contributed by atoms with E-state index in [-0.39, 0.29) is 17.6 Å². The molecule has 0 unspecified atom stereocenters. The fourth-order valence-corrected chi connectivity index (χ4v) is 4.13. The molecule has 1 aromatic rings. The summed E-state index contributed by atoms with van der Waals surface area (Å²) < 4.78 is 0. The van der Waals surface area contributed by atoms with Gasteiger partial charge in [0.25, 0.3) is 0 Å². The van der Waals surface area contributed by atoms with Crippen molar-refractivity contribution in [2.24, 2.45) is 5.41 Å². The number of aryl methyl sites for hydroxylation is 2. The van der Waals surface area contributed by atoms with Crippen LogP contribution in [0.5, 0.6) is 0 Å². The number of likely N-dealkylation sites (tertiary alicyclic amines) is 1. The lowest BCUT2D eigenvalue weighted by Gasteiger charge is -2.42. The van der Waals surface area contributed by atoms with E-state index in [0.717, 1.165) is 55.5 Å². The van der Waals surface area contributed by atoms with Crippen LogP contribution < -0.4 is 5.32 Å². The van der Waals surface area contributed by atoms with Gasteiger partial charge in [-0.3, -0.25) is 0 Å². The summed E-state index contributed by atoms with van der Waals surface area (Å²) in [4.78, 5) is 14.5. The Bertz CT molecular complexity index is 552. The fraction of sp³-hybridized carbons (Fsp3) is 0.611. The van der Waals surface area contributed by atoms with Gasteiger partial charge >= 0.3 is 6.03 Å². The molecule has 22 heavy (non-hydrogen) atoms. The van der Waals surface area contributed by atoms with E-state index in [1.165, 1.54) is 0 Å².